The molecule has 1 saturated heterocycles. The number of imidazole rings is 2. The Morgan fingerprint density at radius 2 is 1.73 bits per heavy atom. The molecule has 4 rings (SSSR count). The van der Waals surface area contributed by atoms with Crippen LogP contribution in [0, 0.1) is 19.8 Å². The molecule has 0 aromatic carbocycles. The molecular formula is C20H29N7O3. The van der Waals surface area contributed by atoms with Gasteiger partial charge in [0, 0.05) is 37.9 Å². The number of aryl methyl sites for hydroxylation is 3. The molecule has 0 bridgehead atoms. The number of rotatable bonds is 5. The van der Waals surface area contributed by atoms with Gasteiger partial charge < -0.3 is 15.2 Å². The molecule has 10 heteroatoms. The van der Waals surface area contributed by atoms with E-state index in [-0.39, 0.29) is 23.1 Å². The number of nitrogens with two attached hydrogens (primary N) is 1. The molecule has 0 spiro atoms. The number of carbonyl (C=O) groups excluding carboxylic acids is 1. The number of fused-ring (bicyclic) bond motifs is 3. The van der Waals surface area contributed by atoms with Crippen molar-refractivity contribution in [2.45, 2.75) is 39.7 Å². The summed E-state index contributed by atoms with van der Waals surface area (Å²) < 4.78 is 6.53. The Bertz CT molecular complexity index is 1250. The fourth-order valence-corrected chi connectivity index (χ4v) is 4.55. The zero-order valence-electron chi connectivity index (χ0n) is 18.0. The van der Waals surface area contributed by atoms with E-state index in [9.17, 15) is 14.4 Å². The molecule has 0 radical (unpaired) electrons. The highest BCUT2D eigenvalue weighted by atomic mass is 16.2. The Labute approximate surface area is 173 Å². The minimum Gasteiger partial charge on any atom is -0.369 e. The fourth-order valence-electron chi connectivity index (χ4n) is 4.55. The molecule has 162 valence electrons. The van der Waals surface area contributed by atoms with E-state index < -0.39 is 0 Å². The topological polar surface area (TPSA) is 113 Å². The summed E-state index contributed by atoms with van der Waals surface area (Å²) in [7, 11) is 3.13. The van der Waals surface area contributed by atoms with E-state index in [2.05, 4.69) is 14.5 Å². The van der Waals surface area contributed by atoms with Gasteiger partial charge in [0.1, 0.15) is 0 Å². The minimum atomic E-state index is -0.381. The summed E-state index contributed by atoms with van der Waals surface area (Å²) in [5.74, 6) is 0.495. The number of carbonyl (C=O) groups is 1. The summed E-state index contributed by atoms with van der Waals surface area (Å²) >= 11 is 0. The van der Waals surface area contributed by atoms with Crippen LogP contribution in [0.25, 0.3) is 16.9 Å². The average Bonchev–Trinajstić information content (AvgIpc) is 3.22. The zero-order chi connectivity index (χ0) is 21.7. The van der Waals surface area contributed by atoms with Crippen LogP contribution >= 0.6 is 0 Å². The number of aromatic nitrogens is 5. The van der Waals surface area contributed by atoms with Crippen molar-refractivity contribution in [3.8, 4) is 0 Å². The Morgan fingerprint density at radius 3 is 2.37 bits per heavy atom. The van der Waals surface area contributed by atoms with Gasteiger partial charge in [-0.1, -0.05) is 0 Å². The second-order valence-corrected chi connectivity index (χ2v) is 8.32. The van der Waals surface area contributed by atoms with Crippen molar-refractivity contribution in [2.24, 2.45) is 25.7 Å². The SMILES string of the molecule is Cc1c(C)n2c3c(=O)n(C)c(=O)n(C)c3nc2n1CCCN1CCC(C(N)=O)CC1. The second kappa shape index (κ2) is 7.42. The Hall–Kier alpha value is -2.88. The predicted octanol–water partition coefficient (Wildman–Crippen LogP) is -0.109. The van der Waals surface area contributed by atoms with Crippen molar-refractivity contribution in [1.82, 2.24) is 28.0 Å². The van der Waals surface area contributed by atoms with Crippen LogP contribution < -0.4 is 17.0 Å². The molecule has 0 unspecified atom stereocenters. The monoisotopic (exact) mass is 415 g/mol. The van der Waals surface area contributed by atoms with Gasteiger partial charge in [0.2, 0.25) is 11.7 Å². The number of amides is 1. The zero-order valence-corrected chi connectivity index (χ0v) is 18.0. The van der Waals surface area contributed by atoms with Gasteiger partial charge in [-0.2, -0.15) is 4.98 Å². The summed E-state index contributed by atoms with van der Waals surface area (Å²) in [4.78, 5) is 43.4. The van der Waals surface area contributed by atoms with Gasteiger partial charge in [0.05, 0.1) is 0 Å². The third kappa shape index (κ3) is 3.06. The number of primary amides is 1. The summed E-state index contributed by atoms with van der Waals surface area (Å²) in [6.45, 7) is 7.46. The number of hydrogen-bond acceptors (Lipinski definition) is 5. The summed E-state index contributed by atoms with van der Waals surface area (Å²) in [6, 6.07) is 0. The van der Waals surface area contributed by atoms with Crippen molar-refractivity contribution >= 4 is 22.8 Å². The van der Waals surface area contributed by atoms with Crippen LogP contribution in [-0.4, -0.2) is 53.5 Å². The van der Waals surface area contributed by atoms with E-state index in [4.69, 9.17) is 5.73 Å². The highest BCUT2D eigenvalue weighted by Crippen LogP contribution is 2.21. The Morgan fingerprint density at radius 1 is 1.07 bits per heavy atom. The van der Waals surface area contributed by atoms with Crippen LogP contribution in [0.15, 0.2) is 9.59 Å². The molecule has 4 heterocycles. The lowest BCUT2D eigenvalue weighted by molar-refractivity contribution is -0.123. The first-order chi connectivity index (χ1) is 14.2. The van der Waals surface area contributed by atoms with E-state index in [0.717, 1.165) is 61.4 Å². The smallest absolute Gasteiger partial charge is 0.332 e. The predicted molar refractivity (Wildman–Crippen MR) is 114 cm³/mol. The summed E-state index contributed by atoms with van der Waals surface area (Å²) in [6.07, 6.45) is 2.57. The van der Waals surface area contributed by atoms with Crippen molar-refractivity contribution < 1.29 is 4.79 Å². The van der Waals surface area contributed by atoms with Crippen LogP contribution in [0.3, 0.4) is 0 Å². The molecule has 1 amide bonds. The molecular weight excluding hydrogens is 386 g/mol. The van der Waals surface area contributed by atoms with E-state index in [1.165, 1.54) is 11.6 Å². The minimum absolute atomic E-state index is 0.00169. The summed E-state index contributed by atoms with van der Waals surface area (Å²) in [5.41, 5.74) is 7.55. The number of likely N-dealkylation sites (tertiary alicyclic amines) is 1. The number of piperidine rings is 1. The molecule has 0 aliphatic carbocycles. The normalized spacial score (nSPS) is 16.1. The maximum Gasteiger partial charge on any atom is 0.332 e. The third-order valence-electron chi connectivity index (χ3n) is 6.59. The second-order valence-electron chi connectivity index (χ2n) is 8.32. The Kier molecular flexibility index (Phi) is 5.05. The molecule has 1 aliphatic heterocycles. The van der Waals surface area contributed by atoms with Gasteiger partial charge in [-0.3, -0.25) is 23.1 Å². The standard InChI is InChI=1S/C20H29N7O3/c1-12-13(2)27-15-17(23(3)20(30)24(4)18(15)29)22-19(27)26(12)9-5-8-25-10-6-14(7-11-25)16(21)28/h14H,5-11H2,1-4H3,(H2,21,28). The molecule has 30 heavy (non-hydrogen) atoms. The number of nitrogens with zero attached hydrogens (tertiary/aromatic N) is 6. The van der Waals surface area contributed by atoms with Gasteiger partial charge in [0.15, 0.2) is 11.2 Å². The van der Waals surface area contributed by atoms with Crippen LogP contribution in [0.1, 0.15) is 30.7 Å². The van der Waals surface area contributed by atoms with Gasteiger partial charge in [0.25, 0.3) is 5.56 Å². The van der Waals surface area contributed by atoms with Crippen LogP contribution in [0.4, 0.5) is 0 Å². The quantitative estimate of drug-likeness (QED) is 0.625. The number of hydrogen-bond donors (Lipinski definition) is 1. The molecule has 0 atom stereocenters. The van der Waals surface area contributed by atoms with Gasteiger partial charge in [-0.05, 0) is 52.7 Å². The lowest BCUT2D eigenvalue weighted by Crippen LogP contribution is -2.39. The van der Waals surface area contributed by atoms with Crippen molar-refractivity contribution in [3.63, 3.8) is 0 Å². The highest BCUT2D eigenvalue weighted by Gasteiger charge is 2.24. The van der Waals surface area contributed by atoms with Crippen molar-refractivity contribution in [1.29, 1.82) is 0 Å². The van der Waals surface area contributed by atoms with Crippen LogP contribution in [0.5, 0.6) is 0 Å². The average molecular weight is 415 g/mol. The first-order valence-electron chi connectivity index (χ1n) is 10.4. The van der Waals surface area contributed by atoms with Crippen LogP contribution in [0.2, 0.25) is 0 Å². The first-order valence-corrected chi connectivity index (χ1v) is 10.4. The molecule has 1 aliphatic rings. The van der Waals surface area contributed by atoms with Gasteiger partial charge in [-0.15, -0.1) is 0 Å². The molecule has 3 aromatic rings. The first kappa shape index (κ1) is 20.4. The van der Waals surface area contributed by atoms with E-state index in [1.54, 1.807) is 7.05 Å². The molecule has 3 aromatic heterocycles. The van der Waals surface area contributed by atoms with E-state index in [1.807, 2.05) is 18.2 Å². The molecule has 1 fully saturated rings. The molecule has 10 nitrogen and oxygen atoms in total. The fraction of sp³-hybridized carbons (Fsp3) is 0.600. The highest BCUT2D eigenvalue weighted by molar-refractivity contribution is 5.77. The summed E-state index contributed by atoms with van der Waals surface area (Å²) in [5, 5.41) is 0. The van der Waals surface area contributed by atoms with Gasteiger partial charge in [-0.25, -0.2) is 4.79 Å². The van der Waals surface area contributed by atoms with Crippen molar-refractivity contribution in [3.05, 3.63) is 32.2 Å². The van der Waals surface area contributed by atoms with E-state index >= 15 is 0 Å². The van der Waals surface area contributed by atoms with Crippen molar-refractivity contribution in [2.75, 3.05) is 19.6 Å². The van der Waals surface area contributed by atoms with E-state index in [0.29, 0.717) is 16.9 Å². The maximum atomic E-state index is 12.8. The lowest BCUT2D eigenvalue weighted by atomic mass is 9.96. The Balaban J connectivity index is 1.61. The molecule has 2 N–H and O–H groups in total. The molecule has 0 saturated carbocycles. The lowest BCUT2D eigenvalue weighted by Gasteiger charge is -2.30. The van der Waals surface area contributed by atoms with Gasteiger partial charge >= 0.3 is 5.69 Å². The maximum absolute atomic E-state index is 12.8. The third-order valence-corrected chi connectivity index (χ3v) is 6.59. The van der Waals surface area contributed by atoms with Crippen LogP contribution in [-0.2, 0) is 25.4 Å². The largest absolute Gasteiger partial charge is 0.369 e.